The average molecular weight is 377 g/mol. The summed E-state index contributed by atoms with van der Waals surface area (Å²) < 4.78 is 6.14. The minimum Gasteiger partial charge on any atom is -0.478 e. The molecule has 104 valence electrons. The monoisotopic (exact) mass is 375 g/mol. The predicted octanol–water partition coefficient (Wildman–Crippen LogP) is 4.83. The number of ether oxygens (including phenoxy) is 1. The van der Waals surface area contributed by atoms with Crippen molar-refractivity contribution < 1.29 is 14.6 Å². The van der Waals surface area contributed by atoms with Gasteiger partial charge >= 0.3 is 5.97 Å². The molecule has 3 N–H and O–H groups in total. The number of carbonyl (C=O) groups is 1. The third-order valence-electron chi connectivity index (χ3n) is 2.43. The number of benzene rings is 2. The van der Waals surface area contributed by atoms with Crippen molar-refractivity contribution in [3.05, 3.63) is 50.4 Å². The Morgan fingerprint density at radius 3 is 2.50 bits per heavy atom. The number of anilines is 1. The third kappa shape index (κ3) is 3.17. The van der Waals surface area contributed by atoms with Gasteiger partial charge < -0.3 is 15.6 Å². The first-order chi connectivity index (χ1) is 9.38. The Kier molecular flexibility index (Phi) is 4.42. The standard InChI is InChI=1S/C13H8BrCl2NO3/c14-8-4-10(16)12(5-9(8)15)20-11-2-1-6(17)3-7(11)13(18)19/h1-5H,17H2,(H,18,19). The Bertz CT molecular complexity index is 692. The lowest BCUT2D eigenvalue weighted by Gasteiger charge is -2.11. The van der Waals surface area contributed by atoms with Crippen LogP contribution in [0.4, 0.5) is 5.69 Å². The van der Waals surface area contributed by atoms with Crippen molar-refractivity contribution >= 4 is 50.8 Å². The van der Waals surface area contributed by atoms with E-state index in [2.05, 4.69) is 15.9 Å². The van der Waals surface area contributed by atoms with Crippen molar-refractivity contribution in [2.24, 2.45) is 0 Å². The molecular formula is C13H8BrCl2NO3. The highest BCUT2D eigenvalue weighted by molar-refractivity contribution is 9.10. The largest absolute Gasteiger partial charge is 0.478 e. The van der Waals surface area contributed by atoms with Crippen LogP contribution in [0.3, 0.4) is 0 Å². The zero-order valence-corrected chi connectivity index (χ0v) is 13.0. The van der Waals surface area contributed by atoms with Crippen LogP contribution in [-0.4, -0.2) is 11.1 Å². The molecule has 0 atom stereocenters. The van der Waals surface area contributed by atoms with Crippen LogP contribution >= 0.6 is 39.1 Å². The molecule has 20 heavy (non-hydrogen) atoms. The van der Waals surface area contributed by atoms with Gasteiger partial charge in [0.2, 0.25) is 0 Å². The van der Waals surface area contributed by atoms with E-state index in [4.69, 9.17) is 38.8 Å². The quantitative estimate of drug-likeness (QED) is 0.594. The minimum absolute atomic E-state index is 0.0555. The van der Waals surface area contributed by atoms with Gasteiger partial charge in [0.15, 0.2) is 0 Å². The smallest absolute Gasteiger partial charge is 0.339 e. The van der Waals surface area contributed by atoms with Gasteiger partial charge in [0.25, 0.3) is 0 Å². The molecule has 0 aliphatic heterocycles. The Hall–Kier alpha value is -1.43. The molecule has 0 heterocycles. The predicted molar refractivity (Wildman–Crippen MR) is 82.0 cm³/mol. The van der Waals surface area contributed by atoms with Crippen LogP contribution in [0.5, 0.6) is 11.5 Å². The van der Waals surface area contributed by atoms with Gasteiger partial charge in [-0.3, -0.25) is 0 Å². The first-order valence-corrected chi connectivity index (χ1v) is 6.88. The van der Waals surface area contributed by atoms with Gasteiger partial charge in [-0.05, 0) is 40.2 Å². The Labute approximate surface area is 133 Å². The maximum atomic E-state index is 11.2. The number of hydrogen-bond donors (Lipinski definition) is 2. The SMILES string of the molecule is Nc1ccc(Oc2cc(Cl)c(Br)cc2Cl)c(C(=O)O)c1. The zero-order chi connectivity index (χ0) is 14.9. The van der Waals surface area contributed by atoms with Gasteiger partial charge in [0.1, 0.15) is 17.1 Å². The van der Waals surface area contributed by atoms with Crippen molar-refractivity contribution in [1.29, 1.82) is 0 Å². The van der Waals surface area contributed by atoms with E-state index in [1.165, 1.54) is 24.3 Å². The van der Waals surface area contributed by atoms with Crippen LogP contribution in [0.25, 0.3) is 0 Å². The fourth-order valence-electron chi connectivity index (χ4n) is 1.50. The molecule has 0 aromatic heterocycles. The normalized spacial score (nSPS) is 10.3. The molecule has 4 nitrogen and oxygen atoms in total. The topological polar surface area (TPSA) is 72.5 Å². The lowest BCUT2D eigenvalue weighted by molar-refractivity contribution is 0.0694. The van der Waals surface area contributed by atoms with Crippen molar-refractivity contribution in [3.8, 4) is 11.5 Å². The molecule has 2 aromatic carbocycles. The second-order valence-electron chi connectivity index (χ2n) is 3.86. The van der Waals surface area contributed by atoms with Crippen molar-refractivity contribution in [3.63, 3.8) is 0 Å². The zero-order valence-electron chi connectivity index (χ0n) is 9.86. The summed E-state index contributed by atoms with van der Waals surface area (Å²) in [7, 11) is 0. The van der Waals surface area contributed by atoms with Crippen LogP contribution in [0, 0.1) is 0 Å². The van der Waals surface area contributed by atoms with E-state index in [9.17, 15) is 4.79 Å². The summed E-state index contributed by atoms with van der Waals surface area (Å²) >= 11 is 15.2. The van der Waals surface area contributed by atoms with Crippen molar-refractivity contribution in [2.75, 3.05) is 5.73 Å². The molecular weight excluding hydrogens is 369 g/mol. The highest BCUT2D eigenvalue weighted by atomic mass is 79.9. The highest BCUT2D eigenvalue weighted by Gasteiger charge is 2.15. The summed E-state index contributed by atoms with van der Waals surface area (Å²) in [6, 6.07) is 7.38. The third-order valence-corrected chi connectivity index (χ3v) is 3.92. The summed E-state index contributed by atoms with van der Waals surface area (Å²) in [5, 5.41) is 9.83. The van der Waals surface area contributed by atoms with Crippen LogP contribution in [-0.2, 0) is 0 Å². The number of aromatic carboxylic acids is 1. The van der Waals surface area contributed by atoms with Crippen LogP contribution in [0.15, 0.2) is 34.8 Å². The van der Waals surface area contributed by atoms with Crippen LogP contribution < -0.4 is 10.5 Å². The average Bonchev–Trinajstić information content (AvgIpc) is 2.37. The van der Waals surface area contributed by atoms with Crippen molar-refractivity contribution in [2.45, 2.75) is 0 Å². The fraction of sp³-hybridized carbons (Fsp3) is 0. The van der Waals surface area contributed by atoms with Crippen LogP contribution in [0.2, 0.25) is 10.0 Å². The number of nitrogens with two attached hydrogens (primary N) is 1. The van der Waals surface area contributed by atoms with E-state index < -0.39 is 5.97 Å². The van der Waals surface area contributed by atoms with Gasteiger partial charge in [-0.25, -0.2) is 4.79 Å². The van der Waals surface area contributed by atoms with E-state index in [1.807, 2.05) is 0 Å². The molecule has 0 bridgehead atoms. The fourth-order valence-corrected chi connectivity index (χ4v) is 2.34. The second kappa shape index (κ2) is 5.91. The van der Waals surface area contributed by atoms with E-state index in [0.717, 1.165) is 0 Å². The lowest BCUT2D eigenvalue weighted by atomic mass is 10.2. The maximum Gasteiger partial charge on any atom is 0.339 e. The number of rotatable bonds is 3. The number of carboxylic acids is 1. The minimum atomic E-state index is -1.15. The van der Waals surface area contributed by atoms with Gasteiger partial charge in [-0.2, -0.15) is 0 Å². The number of halogens is 3. The maximum absolute atomic E-state index is 11.2. The highest BCUT2D eigenvalue weighted by Crippen LogP contribution is 2.37. The Morgan fingerprint density at radius 1 is 1.15 bits per heavy atom. The molecule has 2 aromatic rings. The molecule has 0 saturated carbocycles. The Morgan fingerprint density at radius 2 is 1.85 bits per heavy atom. The van der Waals surface area contributed by atoms with Gasteiger partial charge in [0.05, 0.1) is 10.0 Å². The van der Waals surface area contributed by atoms with Gasteiger partial charge in [-0.1, -0.05) is 23.2 Å². The van der Waals surface area contributed by atoms with Gasteiger partial charge in [-0.15, -0.1) is 0 Å². The summed E-state index contributed by atoms with van der Waals surface area (Å²) in [4.78, 5) is 11.2. The molecule has 0 radical (unpaired) electrons. The summed E-state index contributed by atoms with van der Waals surface area (Å²) in [5.41, 5.74) is 5.83. The summed E-state index contributed by atoms with van der Waals surface area (Å²) in [5.74, 6) is -0.759. The molecule has 0 unspecified atom stereocenters. The number of carboxylic acid groups (broad SMARTS) is 1. The summed E-state index contributed by atoms with van der Waals surface area (Å²) in [6.07, 6.45) is 0. The summed E-state index contributed by atoms with van der Waals surface area (Å²) in [6.45, 7) is 0. The van der Waals surface area contributed by atoms with Gasteiger partial charge in [0, 0.05) is 16.2 Å². The molecule has 0 spiro atoms. The van der Waals surface area contributed by atoms with Crippen molar-refractivity contribution in [1.82, 2.24) is 0 Å². The van der Waals surface area contributed by atoms with E-state index in [1.54, 1.807) is 6.07 Å². The molecule has 0 aliphatic carbocycles. The van der Waals surface area contributed by atoms with E-state index >= 15 is 0 Å². The molecule has 0 aliphatic rings. The molecule has 7 heteroatoms. The first-order valence-electron chi connectivity index (χ1n) is 5.33. The lowest BCUT2D eigenvalue weighted by Crippen LogP contribution is -2.01. The molecule has 2 rings (SSSR count). The Balaban J connectivity index is 2.45. The second-order valence-corrected chi connectivity index (χ2v) is 5.53. The number of nitrogen functional groups attached to an aromatic ring is 1. The molecule has 0 fully saturated rings. The van der Waals surface area contributed by atoms with E-state index in [-0.39, 0.29) is 17.1 Å². The molecule has 0 saturated heterocycles. The first kappa shape index (κ1) is 15.0. The van der Waals surface area contributed by atoms with Crippen LogP contribution in [0.1, 0.15) is 10.4 Å². The molecule has 0 amide bonds. The number of hydrogen-bond acceptors (Lipinski definition) is 3. The van der Waals surface area contributed by atoms with E-state index in [0.29, 0.717) is 20.2 Å².